The number of amides is 2. The molecule has 0 fully saturated rings. The smallest absolute Gasteiger partial charge is 0.243 e. The average molecular weight is 277 g/mol. The minimum atomic E-state index is -1.44. The lowest BCUT2D eigenvalue weighted by atomic mass is 10.0. The fraction of sp³-hybridized carbons (Fsp3) is 0.467. The molecule has 20 heavy (non-hydrogen) atoms. The summed E-state index contributed by atoms with van der Waals surface area (Å²) in [5.74, 6) is -0.504. The van der Waals surface area contributed by atoms with Crippen LogP contribution >= 0.6 is 0 Å². The molecule has 0 saturated carbocycles. The van der Waals surface area contributed by atoms with E-state index in [2.05, 4.69) is 10.6 Å². The zero-order valence-corrected chi connectivity index (χ0v) is 12.3. The Balaban J connectivity index is 2.72. The van der Waals surface area contributed by atoms with E-state index in [0.29, 0.717) is 0 Å². The second-order valence-corrected chi connectivity index (χ2v) is 5.29. The van der Waals surface area contributed by atoms with E-state index >= 15 is 0 Å². The molecule has 110 valence electrons. The van der Waals surface area contributed by atoms with Crippen LogP contribution in [-0.4, -0.2) is 18.0 Å². The molecule has 2 unspecified atom stereocenters. The number of nitrogens with one attached hydrogen (secondary N) is 2. The predicted octanol–water partition coefficient (Wildman–Crippen LogP) is 1.13. The summed E-state index contributed by atoms with van der Waals surface area (Å²) in [5.41, 5.74) is 2.12. The molecule has 0 aliphatic heterocycles. The molecule has 1 rings (SSSR count). The number of hydrogen-bond acceptors (Lipinski definition) is 3. The molecule has 5 nitrogen and oxygen atoms in total. The highest BCUT2D eigenvalue weighted by Crippen LogP contribution is 2.14. The lowest BCUT2D eigenvalue weighted by Gasteiger charge is -2.25. The fourth-order valence-corrected chi connectivity index (χ4v) is 1.90. The van der Waals surface area contributed by atoms with Crippen molar-refractivity contribution in [2.75, 3.05) is 0 Å². The summed E-state index contributed by atoms with van der Waals surface area (Å²) in [4.78, 5) is 22.7. The lowest BCUT2D eigenvalue weighted by Crippen LogP contribution is -2.53. The molecule has 0 saturated heterocycles. The molecule has 0 aliphatic carbocycles. The molecule has 0 aromatic heterocycles. The molecule has 0 spiro atoms. The monoisotopic (exact) mass is 277 g/mol. The van der Waals surface area contributed by atoms with Gasteiger partial charge in [0.05, 0.1) is 6.04 Å². The van der Waals surface area contributed by atoms with Crippen molar-refractivity contribution in [3.05, 3.63) is 35.4 Å². The predicted molar refractivity (Wildman–Crippen MR) is 74.9 cm³/mol. The van der Waals surface area contributed by atoms with Crippen LogP contribution in [0.2, 0.25) is 0 Å². The Morgan fingerprint density at radius 3 is 2.05 bits per heavy atom. The fourth-order valence-electron chi connectivity index (χ4n) is 1.90. The van der Waals surface area contributed by atoms with Crippen molar-refractivity contribution in [2.24, 2.45) is 5.92 Å². The van der Waals surface area contributed by atoms with Crippen LogP contribution in [-0.2, 0) is 4.79 Å². The number of carboxylic acid groups (broad SMARTS) is 1. The largest absolute Gasteiger partial charge is 0.530 e. The maximum atomic E-state index is 12.1. The van der Waals surface area contributed by atoms with Crippen LogP contribution in [0.1, 0.15) is 37.9 Å². The SMILES string of the molecule is Cc1ccc(C(C)NC(=O)C(NC(=O)[O-])C(C)C)cc1. The first-order valence-corrected chi connectivity index (χ1v) is 6.65. The van der Waals surface area contributed by atoms with Crippen molar-refractivity contribution in [3.63, 3.8) is 0 Å². The van der Waals surface area contributed by atoms with E-state index in [1.807, 2.05) is 38.1 Å². The van der Waals surface area contributed by atoms with Crippen LogP contribution in [0.25, 0.3) is 0 Å². The number of aryl methyl sites for hydroxylation is 1. The van der Waals surface area contributed by atoms with Gasteiger partial charge in [-0.1, -0.05) is 43.7 Å². The van der Waals surface area contributed by atoms with Gasteiger partial charge in [-0.05, 0) is 25.3 Å². The zero-order chi connectivity index (χ0) is 15.3. The minimum absolute atomic E-state index is 0.155. The topological polar surface area (TPSA) is 81.3 Å². The first kappa shape index (κ1) is 16.0. The van der Waals surface area contributed by atoms with E-state index in [1.54, 1.807) is 13.8 Å². The molecule has 1 aromatic carbocycles. The Morgan fingerprint density at radius 2 is 1.60 bits per heavy atom. The normalized spacial score (nSPS) is 13.7. The van der Waals surface area contributed by atoms with Crippen molar-refractivity contribution in [1.82, 2.24) is 10.6 Å². The van der Waals surface area contributed by atoms with Crippen molar-refractivity contribution in [3.8, 4) is 0 Å². The summed E-state index contributed by atoms with van der Waals surface area (Å²) in [6.45, 7) is 7.40. The molecule has 2 amide bonds. The second-order valence-electron chi connectivity index (χ2n) is 5.29. The zero-order valence-electron chi connectivity index (χ0n) is 12.3. The Bertz CT molecular complexity index is 469. The van der Waals surface area contributed by atoms with Crippen LogP contribution in [0.3, 0.4) is 0 Å². The number of carbonyl (C=O) groups excluding carboxylic acids is 2. The van der Waals surface area contributed by atoms with E-state index < -0.39 is 12.1 Å². The second kappa shape index (κ2) is 6.93. The molecule has 2 atom stereocenters. The van der Waals surface area contributed by atoms with Crippen molar-refractivity contribution in [2.45, 2.75) is 39.8 Å². The van der Waals surface area contributed by atoms with Gasteiger partial charge in [-0.25, -0.2) is 0 Å². The first-order valence-electron chi connectivity index (χ1n) is 6.65. The molecule has 0 heterocycles. The van der Waals surface area contributed by atoms with E-state index in [1.165, 1.54) is 0 Å². The van der Waals surface area contributed by atoms with Crippen molar-refractivity contribution >= 4 is 12.0 Å². The molecule has 5 heteroatoms. The number of rotatable bonds is 5. The number of carbonyl (C=O) groups is 2. The minimum Gasteiger partial charge on any atom is -0.530 e. The highest BCUT2D eigenvalue weighted by Gasteiger charge is 2.23. The first-order chi connectivity index (χ1) is 9.31. The lowest BCUT2D eigenvalue weighted by molar-refractivity contribution is -0.252. The van der Waals surface area contributed by atoms with Gasteiger partial charge in [0, 0.05) is 0 Å². The Hall–Kier alpha value is -2.04. The van der Waals surface area contributed by atoms with Gasteiger partial charge in [-0.3, -0.25) is 4.79 Å². The quantitative estimate of drug-likeness (QED) is 0.846. The summed E-state index contributed by atoms with van der Waals surface area (Å²) in [6, 6.07) is 6.82. The van der Waals surface area contributed by atoms with E-state index in [4.69, 9.17) is 0 Å². The van der Waals surface area contributed by atoms with E-state index in [9.17, 15) is 14.7 Å². The Labute approximate surface area is 119 Å². The van der Waals surface area contributed by atoms with Crippen molar-refractivity contribution in [1.29, 1.82) is 0 Å². The summed E-state index contributed by atoms with van der Waals surface area (Å²) >= 11 is 0. The highest BCUT2D eigenvalue weighted by atomic mass is 16.4. The van der Waals surface area contributed by atoms with Gasteiger partial charge in [0.1, 0.15) is 12.1 Å². The molecule has 0 bridgehead atoms. The van der Waals surface area contributed by atoms with Crippen LogP contribution in [0.15, 0.2) is 24.3 Å². The maximum absolute atomic E-state index is 12.1. The molecule has 2 N–H and O–H groups in total. The van der Waals surface area contributed by atoms with E-state index in [-0.39, 0.29) is 17.9 Å². The molecule has 1 aromatic rings. The Kier molecular flexibility index (Phi) is 5.55. The number of hydrogen-bond donors (Lipinski definition) is 2. The highest BCUT2D eigenvalue weighted by molar-refractivity contribution is 5.85. The number of benzene rings is 1. The van der Waals surface area contributed by atoms with Crippen LogP contribution in [0.5, 0.6) is 0 Å². The summed E-state index contributed by atoms with van der Waals surface area (Å²) < 4.78 is 0. The average Bonchev–Trinajstić information content (AvgIpc) is 2.35. The Morgan fingerprint density at radius 1 is 1.05 bits per heavy atom. The molecule has 0 aliphatic rings. The van der Waals surface area contributed by atoms with Gasteiger partial charge in [-0.2, -0.15) is 0 Å². The third-order valence-electron chi connectivity index (χ3n) is 3.16. The summed E-state index contributed by atoms with van der Waals surface area (Å²) in [7, 11) is 0. The van der Waals surface area contributed by atoms with E-state index in [0.717, 1.165) is 11.1 Å². The molecular weight excluding hydrogens is 256 g/mol. The van der Waals surface area contributed by atoms with Crippen molar-refractivity contribution < 1.29 is 14.7 Å². The van der Waals surface area contributed by atoms with Crippen LogP contribution in [0.4, 0.5) is 4.79 Å². The maximum Gasteiger partial charge on any atom is 0.243 e. The van der Waals surface area contributed by atoms with Gasteiger partial charge in [0.2, 0.25) is 5.91 Å². The van der Waals surface area contributed by atoms with Gasteiger partial charge in [0.15, 0.2) is 0 Å². The molecule has 0 radical (unpaired) electrons. The standard InChI is InChI=1S/C15H22N2O3/c1-9(2)13(17-15(19)20)14(18)16-11(4)12-7-5-10(3)6-8-12/h5-9,11,13,17H,1-4H3,(H,16,18)(H,19,20)/p-1. The van der Waals surface area contributed by atoms with Gasteiger partial charge < -0.3 is 20.5 Å². The third-order valence-corrected chi connectivity index (χ3v) is 3.16. The van der Waals surface area contributed by atoms with Crippen LogP contribution in [0, 0.1) is 12.8 Å². The van der Waals surface area contributed by atoms with Gasteiger partial charge >= 0.3 is 0 Å². The van der Waals surface area contributed by atoms with Gasteiger partial charge in [-0.15, -0.1) is 0 Å². The van der Waals surface area contributed by atoms with Crippen LogP contribution < -0.4 is 15.7 Å². The summed E-state index contributed by atoms with van der Waals surface area (Å²) in [5, 5.41) is 15.6. The third kappa shape index (κ3) is 4.57. The molecular formula is C15H21N2O3-. The summed E-state index contributed by atoms with van der Waals surface area (Å²) in [6.07, 6.45) is -1.44. The van der Waals surface area contributed by atoms with Gasteiger partial charge in [0.25, 0.3) is 0 Å².